The minimum Gasteiger partial charge on any atom is -0.394 e. The lowest BCUT2D eigenvalue weighted by Crippen LogP contribution is -2.69. The fourth-order valence-corrected chi connectivity index (χ4v) is 4.89. The van der Waals surface area contributed by atoms with E-state index < -0.39 is 117 Å². The zero-order chi connectivity index (χ0) is 29.9. The Hall–Kier alpha value is -1.58. The van der Waals surface area contributed by atoms with Crippen molar-refractivity contribution in [1.29, 1.82) is 0 Å². The molecular weight excluding hydrogens is 544 g/mol. The van der Waals surface area contributed by atoms with E-state index in [9.17, 15) is 45.3 Å². The monoisotopic (exact) mass is 584 g/mol. The van der Waals surface area contributed by atoms with Gasteiger partial charge in [0.05, 0.1) is 19.3 Å². The highest BCUT2D eigenvalue weighted by Crippen LogP contribution is 2.31. The van der Waals surface area contributed by atoms with Crippen molar-refractivity contribution in [3.63, 3.8) is 0 Å². The van der Waals surface area contributed by atoms with Gasteiger partial charge in [0.25, 0.3) is 0 Å². The standard InChI is InChI=1S/C23H40N2O15/c1-7-14(29)18(33)19(34)23(37-7)36-6-11-20(17(32)13(25-9(3)28)21(35-4)39-11)40-22-12(24-8(2)27)16(31)15(30)10(5-26)38-22/h7,10-23,26,29-34H,5-6H2,1-4H3,(H,24,27)(H,25,28). The van der Waals surface area contributed by atoms with Crippen LogP contribution in [0.4, 0.5) is 0 Å². The molecule has 0 aromatic carbocycles. The molecule has 232 valence electrons. The quantitative estimate of drug-likeness (QED) is 0.122. The third-order valence-electron chi connectivity index (χ3n) is 7.05. The molecule has 2 amide bonds. The highest BCUT2D eigenvalue weighted by atomic mass is 16.7. The summed E-state index contributed by atoms with van der Waals surface area (Å²) in [6.45, 7) is 2.64. The van der Waals surface area contributed by atoms with Crippen molar-refractivity contribution >= 4 is 11.8 Å². The average Bonchev–Trinajstić information content (AvgIpc) is 2.90. The molecule has 3 rings (SSSR count). The number of rotatable bonds is 9. The Balaban J connectivity index is 1.87. The van der Waals surface area contributed by atoms with Gasteiger partial charge in [-0.15, -0.1) is 0 Å². The lowest BCUT2D eigenvalue weighted by molar-refractivity contribution is -0.342. The largest absolute Gasteiger partial charge is 0.394 e. The van der Waals surface area contributed by atoms with Gasteiger partial charge in [0.15, 0.2) is 18.9 Å². The molecule has 0 spiro atoms. The highest BCUT2D eigenvalue weighted by Gasteiger charge is 2.52. The third kappa shape index (κ3) is 7.24. The van der Waals surface area contributed by atoms with Crippen LogP contribution in [0.1, 0.15) is 20.8 Å². The molecule has 17 nitrogen and oxygen atoms in total. The molecule has 0 radical (unpaired) electrons. The van der Waals surface area contributed by atoms with Gasteiger partial charge in [0.2, 0.25) is 11.8 Å². The second kappa shape index (κ2) is 14.1. The molecule has 3 aliphatic rings. The van der Waals surface area contributed by atoms with Gasteiger partial charge in [-0.2, -0.15) is 0 Å². The van der Waals surface area contributed by atoms with E-state index in [-0.39, 0.29) is 0 Å². The Kier molecular flexibility index (Phi) is 11.6. The van der Waals surface area contributed by atoms with Crippen LogP contribution in [0, 0.1) is 0 Å². The molecule has 9 N–H and O–H groups in total. The van der Waals surface area contributed by atoms with E-state index >= 15 is 0 Å². The first-order chi connectivity index (χ1) is 18.8. The summed E-state index contributed by atoms with van der Waals surface area (Å²) in [5.74, 6) is -1.14. The number of ether oxygens (including phenoxy) is 6. The Morgan fingerprint density at radius 1 is 0.725 bits per heavy atom. The molecule has 3 fully saturated rings. The Morgan fingerprint density at radius 3 is 1.85 bits per heavy atom. The summed E-state index contributed by atoms with van der Waals surface area (Å²) < 4.78 is 33.8. The molecule has 0 saturated carbocycles. The molecule has 15 unspecified atom stereocenters. The number of nitrogens with one attached hydrogen (secondary N) is 2. The predicted octanol–water partition coefficient (Wildman–Crippen LogP) is -5.60. The van der Waals surface area contributed by atoms with Crippen LogP contribution in [0.5, 0.6) is 0 Å². The van der Waals surface area contributed by atoms with E-state index in [1.807, 2.05) is 0 Å². The van der Waals surface area contributed by atoms with Gasteiger partial charge in [-0.05, 0) is 6.92 Å². The van der Waals surface area contributed by atoms with Crippen molar-refractivity contribution in [2.24, 2.45) is 0 Å². The van der Waals surface area contributed by atoms with Crippen LogP contribution in [0.25, 0.3) is 0 Å². The number of methoxy groups -OCH3 is 1. The van der Waals surface area contributed by atoms with E-state index in [1.54, 1.807) is 0 Å². The van der Waals surface area contributed by atoms with E-state index in [0.29, 0.717) is 0 Å². The van der Waals surface area contributed by atoms with E-state index in [1.165, 1.54) is 21.0 Å². The summed E-state index contributed by atoms with van der Waals surface area (Å²) in [7, 11) is 1.26. The van der Waals surface area contributed by atoms with Gasteiger partial charge >= 0.3 is 0 Å². The van der Waals surface area contributed by atoms with Gasteiger partial charge < -0.3 is 74.8 Å². The summed E-state index contributed by atoms with van der Waals surface area (Å²) >= 11 is 0. The Bertz CT molecular complexity index is 853. The van der Waals surface area contributed by atoms with Gasteiger partial charge in [0, 0.05) is 21.0 Å². The van der Waals surface area contributed by atoms with Gasteiger partial charge in [-0.3, -0.25) is 9.59 Å². The maximum Gasteiger partial charge on any atom is 0.217 e. The Labute approximate surface area is 229 Å². The lowest BCUT2D eigenvalue weighted by Gasteiger charge is -2.48. The summed E-state index contributed by atoms with van der Waals surface area (Å²) in [6, 6.07) is -2.53. The fourth-order valence-electron chi connectivity index (χ4n) is 4.89. The number of aliphatic hydroxyl groups excluding tert-OH is 7. The van der Waals surface area contributed by atoms with E-state index in [2.05, 4.69) is 10.6 Å². The van der Waals surface area contributed by atoms with Crippen molar-refractivity contribution in [3.8, 4) is 0 Å². The maximum atomic E-state index is 11.8. The molecule has 0 aromatic heterocycles. The lowest BCUT2D eigenvalue weighted by atomic mass is 9.94. The topological polar surface area (TPSA) is 255 Å². The molecule has 40 heavy (non-hydrogen) atoms. The van der Waals surface area contributed by atoms with Crippen LogP contribution in [-0.2, 0) is 38.0 Å². The number of carbonyl (C=O) groups is 2. The summed E-state index contributed by atoms with van der Waals surface area (Å²) in [4.78, 5) is 23.7. The smallest absolute Gasteiger partial charge is 0.217 e. The maximum absolute atomic E-state index is 11.8. The number of hydrogen-bond acceptors (Lipinski definition) is 15. The zero-order valence-corrected chi connectivity index (χ0v) is 22.5. The first-order valence-corrected chi connectivity index (χ1v) is 12.8. The normalized spacial score (nSPS) is 46.0. The van der Waals surface area contributed by atoms with Gasteiger partial charge in [0.1, 0.15) is 67.0 Å². The molecule has 0 aliphatic carbocycles. The molecule has 3 aliphatic heterocycles. The van der Waals surface area contributed by atoms with Crippen LogP contribution < -0.4 is 10.6 Å². The van der Waals surface area contributed by atoms with Crippen molar-refractivity contribution in [2.45, 2.75) is 113 Å². The van der Waals surface area contributed by atoms with Crippen LogP contribution in [0.2, 0.25) is 0 Å². The zero-order valence-electron chi connectivity index (χ0n) is 22.5. The number of amides is 2. The van der Waals surface area contributed by atoms with Crippen molar-refractivity contribution in [2.75, 3.05) is 20.3 Å². The van der Waals surface area contributed by atoms with E-state index in [4.69, 9.17) is 28.4 Å². The van der Waals surface area contributed by atoms with Crippen molar-refractivity contribution in [1.82, 2.24) is 10.6 Å². The first-order valence-electron chi connectivity index (χ1n) is 12.8. The van der Waals surface area contributed by atoms with Gasteiger partial charge in [-0.1, -0.05) is 0 Å². The first kappa shape index (κ1) is 32.9. The average molecular weight is 585 g/mol. The van der Waals surface area contributed by atoms with Crippen LogP contribution in [0.3, 0.4) is 0 Å². The summed E-state index contributed by atoms with van der Waals surface area (Å²) in [5.41, 5.74) is 0. The van der Waals surface area contributed by atoms with Crippen LogP contribution in [0.15, 0.2) is 0 Å². The predicted molar refractivity (Wildman–Crippen MR) is 128 cm³/mol. The molecule has 3 heterocycles. The molecule has 15 atom stereocenters. The van der Waals surface area contributed by atoms with Crippen LogP contribution >= 0.6 is 0 Å². The molecule has 0 bridgehead atoms. The molecule has 17 heteroatoms. The highest BCUT2D eigenvalue weighted by molar-refractivity contribution is 5.73. The third-order valence-corrected chi connectivity index (χ3v) is 7.05. The second-order valence-electron chi connectivity index (χ2n) is 10.0. The van der Waals surface area contributed by atoms with Crippen LogP contribution in [-0.4, -0.2) is 160 Å². The minimum absolute atomic E-state index is 0.461. The molecule has 0 aromatic rings. The fraction of sp³-hybridized carbons (Fsp3) is 0.913. The second-order valence-corrected chi connectivity index (χ2v) is 10.0. The van der Waals surface area contributed by atoms with Gasteiger partial charge in [-0.25, -0.2) is 0 Å². The number of carbonyl (C=O) groups excluding carboxylic acids is 2. The summed E-state index contributed by atoms with van der Waals surface area (Å²) in [6.07, 6.45) is -18.5. The van der Waals surface area contributed by atoms with Crippen molar-refractivity contribution in [3.05, 3.63) is 0 Å². The Morgan fingerprint density at radius 2 is 1.30 bits per heavy atom. The van der Waals surface area contributed by atoms with E-state index in [0.717, 1.165) is 6.92 Å². The summed E-state index contributed by atoms with van der Waals surface area (Å²) in [5, 5.41) is 77.1. The van der Waals surface area contributed by atoms with Crippen molar-refractivity contribution < 1.29 is 73.8 Å². The number of hydrogen-bond donors (Lipinski definition) is 9. The molecule has 3 saturated heterocycles. The number of aliphatic hydroxyl groups is 7. The molecular formula is C23H40N2O15. The SMILES string of the molecule is COC1OC(COC2OC(C)C(O)C(O)C2O)C(OC2OC(CO)C(O)C(O)C2NC(C)=O)C(O)C1NC(C)=O. The minimum atomic E-state index is -1.64.